The Balaban J connectivity index is 2.23. The predicted octanol–water partition coefficient (Wildman–Crippen LogP) is 0.288. The van der Waals surface area contributed by atoms with Crippen molar-refractivity contribution >= 4 is 11.8 Å². The highest BCUT2D eigenvalue weighted by Crippen LogP contribution is 2.13. The fourth-order valence-corrected chi connectivity index (χ4v) is 1.26. The van der Waals surface area contributed by atoms with Gasteiger partial charge in [-0.2, -0.15) is 0 Å². The molecule has 0 aliphatic carbocycles. The Hall–Kier alpha value is -2.31. The van der Waals surface area contributed by atoms with Crippen LogP contribution in [0, 0.1) is 0 Å². The Labute approximate surface area is 90.8 Å². The summed E-state index contributed by atoms with van der Waals surface area (Å²) in [6, 6.07) is 1.71. The average molecular weight is 222 g/mol. The third-order valence-electron chi connectivity index (χ3n) is 2.07. The summed E-state index contributed by atoms with van der Waals surface area (Å²) in [6.45, 7) is 0.371. The van der Waals surface area contributed by atoms with Gasteiger partial charge in [0.25, 0.3) is 0 Å². The molecule has 0 radical (unpaired) electrons. The van der Waals surface area contributed by atoms with E-state index in [4.69, 9.17) is 10.3 Å². The van der Waals surface area contributed by atoms with E-state index in [9.17, 15) is 4.79 Å². The molecule has 2 aromatic heterocycles. The minimum atomic E-state index is -0.561. The summed E-state index contributed by atoms with van der Waals surface area (Å²) < 4.78 is 11.0. The van der Waals surface area contributed by atoms with Gasteiger partial charge < -0.3 is 19.6 Å². The van der Waals surface area contributed by atoms with Gasteiger partial charge in [0.05, 0.1) is 26.2 Å². The van der Waals surface area contributed by atoms with Crippen LogP contribution in [0.15, 0.2) is 23.1 Å². The van der Waals surface area contributed by atoms with Crippen molar-refractivity contribution in [1.29, 1.82) is 0 Å². The van der Waals surface area contributed by atoms with E-state index in [1.165, 1.54) is 19.6 Å². The number of anilines is 1. The molecule has 0 aliphatic rings. The third kappa shape index (κ3) is 1.74. The molecule has 2 heterocycles. The summed E-state index contributed by atoms with van der Waals surface area (Å²) in [5, 5.41) is 3.56. The van der Waals surface area contributed by atoms with Crippen molar-refractivity contribution in [2.45, 2.75) is 6.54 Å². The highest BCUT2D eigenvalue weighted by atomic mass is 16.5. The van der Waals surface area contributed by atoms with E-state index in [0.717, 1.165) is 0 Å². The summed E-state index contributed by atoms with van der Waals surface area (Å²) in [4.78, 5) is 15.1. The molecule has 0 aliphatic heterocycles. The van der Waals surface area contributed by atoms with Crippen molar-refractivity contribution in [2.24, 2.45) is 0 Å². The normalized spacial score (nSPS) is 10.3. The lowest BCUT2D eigenvalue weighted by atomic mass is 10.4. The number of imidazole rings is 1. The van der Waals surface area contributed by atoms with E-state index in [2.05, 4.69) is 14.9 Å². The lowest BCUT2D eigenvalue weighted by Crippen LogP contribution is -2.08. The van der Waals surface area contributed by atoms with Gasteiger partial charge in [-0.25, -0.2) is 9.78 Å². The van der Waals surface area contributed by atoms with E-state index in [1.807, 2.05) is 0 Å². The van der Waals surface area contributed by atoms with E-state index >= 15 is 0 Å². The average Bonchev–Trinajstić information content (AvgIpc) is 2.90. The number of aromatic nitrogens is 3. The fraction of sp³-hybridized carbons (Fsp3) is 0.222. The highest BCUT2D eigenvalue weighted by Gasteiger charge is 2.16. The van der Waals surface area contributed by atoms with E-state index in [1.54, 1.807) is 10.6 Å². The topological polar surface area (TPSA) is 96.2 Å². The first-order valence-corrected chi connectivity index (χ1v) is 4.51. The SMILES string of the molecule is COC(=O)c1ncn(Cc2ccno2)c1N. The van der Waals surface area contributed by atoms with Crippen LogP contribution >= 0.6 is 0 Å². The summed E-state index contributed by atoms with van der Waals surface area (Å²) in [5.74, 6) is 0.303. The van der Waals surface area contributed by atoms with Crippen LogP contribution in [0.3, 0.4) is 0 Å². The van der Waals surface area contributed by atoms with Gasteiger partial charge >= 0.3 is 5.97 Å². The first kappa shape index (κ1) is 10.2. The van der Waals surface area contributed by atoms with Crippen LogP contribution in [0.2, 0.25) is 0 Å². The highest BCUT2D eigenvalue weighted by molar-refractivity contribution is 5.92. The first-order valence-electron chi connectivity index (χ1n) is 4.51. The smallest absolute Gasteiger partial charge is 0.360 e. The molecule has 84 valence electrons. The number of hydrogen-bond acceptors (Lipinski definition) is 6. The molecular weight excluding hydrogens is 212 g/mol. The second-order valence-electron chi connectivity index (χ2n) is 3.08. The molecule has 0 amide bonds. The number of carbonyl (C=O) groups is 1. The number of nitrogens with zero attached hydrogens (tertiary/aromatic N) is 3. The zero-order chi connectivity index (χ0) is 11.5. The Bertz CT molecular complexity index is 489. The maximum Gasteiger partial charge on any atom is 0.360 e. The van der Waals surface area contributed by atoms with Gasteiger partial charge in [0.1, 0.15) is 5.82 Å². The molecule has 2 N–H and O–H groups in total. The van der Waals surface area contributed by atoms with Crippen molar-refractivity contribution < 1.29 is 14.1 Å². The second kappa shape index (κ2) is 4.05. The minimum Gasteiger partial charge on any atom is -0.464 e. The number of methoxy groups -OCH3 is 1. The Morgan fingerprint density at radius 1 is 1.69 bits per heavy atom. The predicted molar refractivity (Wildman–Crippen MR) is 53.6 cm³/mol. The molecule has 16 heavy (non-hydrogen) atoms. The number of esters is 1. The zero-order valence-electron chi connectivity index (χ0n) is 8.58. The Morgan fingerprint density at radius 2 is 2.50 bits per heavy atom. The number of hydrogen-bond donors (Lipinski definition) is 1. The van der Waals surface area contributed by atoms with Gasteiger partial charge in [-0.3, -0.25) is 0 Å². The van der Waals surface area contributed by atoms with E-state index < -0.39 is 5.97 Å². The molecular formula is C9H10N4O3. The van der Waals surface area contributed by atoms with Crippen LogP contribution in [0.25, 0.3) is 0 Å². The van der Waals surface area contributed by atoms with Gasteiger partial charge in [0.2, 0.25) is 0 Å². The zero-order valence-corrected chi connectivity index (χ0v) is 8.58. The molecule has 0 aromatic carbocycles. The van der Waals surface area contributed by atoms with E-state index in [-0.39, 0.29) is 11.5 Å². The van der Waals surface area contributed by atoms with Crippen LogP contribution in [0.5, 0.6) is 0 Å². The summed E-state index contributed by atoms with van der Waals surface area (Å²) in [5.41, 5.74) is 5.83. The number of rotatable bonds is 3. The Morgan fingerprint density at radius 3 is 3.12 bits per heavy atom. The number of nitrogens with two attached hydrogens (primary N) is 1. The number of ether oxygens (including phenoxy) is 1. The van der Waals surface area contributed by atoms with Gasteiger partial charge in [0.15, 0.2) is 11.5 Å². The minimum absolute atomic E-state index is 0.0991. The quantitative estimate of drug-likeness (QED) is 0.749. The molecule has 0 atom stereocenters. The van der Waals surface area contributed by atoms with Crippen molar-refractivity contribution in [3.05, 3.63) is 30.0 Å². The molecule has 0 bridgehead atoms. The van der Waals surface area contributed by atoms with Crippen molar-refractivity contribution in [2.75, 3.05) is 12.8 Å². The maximum absolute atomic E-state index is 11.2. The van der Waals surface area contributed by atoms with Gasteiger partial charge in [-0.1, -0.05) is 5.16 Å². The summed E-state index contributed by atoms with van der Waals surface area (Å²) in [6.07, 6.45) is 2.98. The largest absolute Gasteiger partial charge is 0.464 e. The molecule has 0 saturated carbocycles. The van der Waals surface area contributed by atoms with Crippen LogP contribution in [-0.2, 0) is 11.3 Å². The molecule has 7 heteroatoms. The lowest BCUT2D eigenvalue weighted by Gasteiger charge is -2.01. The summed E-state index contributed by atoms with van der Waals surface area (Å²) >= 11 is 0. The van der Waals surface area contributed by atoms with Crippen LogP contribution in [0.4, 0.5) is 5.82 Å². The van der Waals surface area contributed by atoms with E-state index in [0.29, 0.717) is 12.3 Å². The fourth-order valence-electron chi connectivity index (χ4n) is 1.26. The lowest BCUT2D eigenvalue weighted by molar-refractivity contribution is 0.0596. The first-order chi connectivity index (χ1) is 7.72. The van der Waals surface area contributed by atoms with Crippen molar-refractivity contribution in [3.63, 3.8) is 0 Å². The van der Waals surface area contributed by atoms with Gasteiger partial charge in [0, 0.05) is 6.07 Å². The van der Waals surface area contributed by atoms with Gasteiger partial charge in [-0.05, 0) is 0 Å². The molecule has 0 saturated heterocycles. The number of carbonyl (C=O) groups excluding carboxylic acids is 1. The summed E-state index contributed by atoms with van der Waals surface area (Å²) in [7, 11) is 1.28. The van der Waals surface area contributed by atoms with Crippen LogP contribution in [-0.4, -0.2) is 27.8 Å². The molecule has 0 spiro atoms. The molecule has 0 fully saturated rings. The standard InChI is InChI=1S/C9H10N4O3/c1-15-9(14)7-8(10)13(5-11-7)4-6-2-3-12-16-6/h2-3,5H,4,10H2,1H3. The van der Waals surface area contributed by atoms with Gasteiger partial charge in [-0.15, -0.1) is 0 Å². The maximum atomic E-state index is 11.2. The second-order valence-corrected chi connectivity index (χ2v) is 3.08. The molecule has 7 nitrogen and oxygen atoms in total. The molecule has 2 rings (SSSR count). The number of nitrogen functional groups attached to an aromatic ring is 1. The Kier molecular flexibility index (Phi) is 2.59. The molecule has 2 aromatic rings. The molecule has 0 unspecified atom stereocenters. The van der Waals surface area contributed by atoms with Crippen LogP contribution in [0.1, 0.15) is 16.2 Å². The van der Waals surface area contributed by atoms with Crippen LogP contribution < -0.4 is 5.73 Å². The third-order valence-corrected chi connectivity index (χ3v) is 2.07. The van der Waals surface area contributed by atoms with Crippen molar-refractivity contribution in [3.8, 4) is 0 Å². The monoisotopic (exact) mass is 222 g/mol. The van der Waals surface area contributed by atoms with Crippen molar-refractivity contribution in [1.82, 2.24) is 14.7 Å².